The second kappa shape index (κ2) is 5.99. The Morgan fingerprint density at radius 1 is 0.625 bits per heavy atom. The first-order valence-corrected chi connectivity index (χ1v) is 8.67. The number of nitrogens with zero attached hydrogens (tertiary/aromatic N) is 4. The molecule has 0 atom stereocenters. The molecule has 0 unspecified atom stereocenters. The Bertz CT molecular complexity index is 1000. The van der Waals surface area contributed by atoms with Gasteiger partial charge in [-0.15, -0.1) is 10.2 Å². The molecule has 0 saturated carbocycles. The lowest BCUT2D eigenvalue weighted by atomic mass is 10.3. The number of aromatic nitrogens is 4. The molecule has 0 aliphatic rings. The molecule has 0 fully saturated rings. The van der Waals surface area contributed by atoms with Crippen LogP contribution in [-0.2, 0) is 0 Å². The molecule has 2 aromatic heterocycles. The van der Waals surface area contributed by atoms with E-state index in [2.05, 4.69) is 10.2 Å². The summed E-state index contributed by atoms with van der Waals surface area (Å²) >= 11 is 1.94. The Balaban J connectivity index is 1.79. The Morgan fingerprint density at radius 2 is 1.00 bits per heavy atom. The van der Waals surface area contributed by atoms with E-state index in [4.69, 9.17) is 0 Å². The highest BCUT2D eigenvalue weighted by Gasteiger charge is 2.16. The highest BCUT2D eigenvalue weighted by Crippen LogP contribution is 2.21. The van der Waals surface area contributed by atoms with Gasteiger partial charge in [-0.3, -0.25) is 9.59 Å². The number of para-hydroxylation sites is 2. The molecule has 0 amide bonds. The lowest BCUT2D eigenvalue weighted by Crippen LogP contribution is -2.11. The maximum atomic E-state index is 12.2. The average Bonchev–Trinajstić information content (AvgIpc) is 3.19. The van der Waals surface area contributed by atoms with E-state index in [1.54, 1.807) is 24.3 Å². The van der Waals surface area contributed by atoms with Crippen molar-refractivity contribution in [3.05, 3.63) is 80.0 Å². The Morgan fingerprint density at radius 3 is 1.38 bits per heavy atom. The summed E-state index contributed by atoms with van der Waals surface area (Å²) in [5.41, 5.74) is 1.36. The fourth-order valence-corrected chi connectivity index (χ4v) is 3.74. The maximum absolute atomic E-state index is 12.2. The summed E-state index contributed by atoms with van der Waals surface area (Å²) in [6, 6.07) is 18.3. The molecule has 0 radical (unpaired) electrons. The average molecular weight is 354 g/mol. The minimum absolute atomic E-state index is 0.217. The molecule has 2 heterocycles. The first kappa shape index (κ1) is 14.7. The molecule has 4 rings (SSSR count). The molecular weight excluding hydrogens is 344 g/mol. The quantitative estimate of drug-likeness (QED) is 0.567. The fourth-order valence-electron chi connectivity index (χ4n) is 2.19. The van der Waals surface area contributed by atoms with Gasteiger partial charge >= 0.3 is 9.75 Å². The predicted octanol–water partition coefficient (Wildman–Crippen LogP) is 2.57. The van der Waals surface area contributed by atoms with Crippen LogP contribution in [0.3, 0.4) is 0 Å². The third-order valence-corrected chi connectivity index (χ3v) is 5.04. The number of hydrogen-bond donors (Lipinski definition) is 0. The van der Waals surface area contributed by atoms with Crippen molar-refractivity contribution in [3.63, 3.8) is 0 Å². The van der Waals surface area contributed by atoms with Crippen molar-refractivity contribution in [3.8, 4) is 21.4 Å². The smallest absolute Gasteiger partial charge is 0.255 e. The summed E-state index contributed by atoms with van der Waals surface area (Å²) in [7, 11) is 0. The van der Waals surface area contributed by atoms with Crippen LogP contribution in [0.2, 0.25) is 0 Å². The zero-order valence-electron chi connectivity index (χ0n) is 12.2. The molecule has 6 nitrogen and oxygen atoms in total. The van der Waals surface area contributed by atoms with Gasteiger partial charge < -0.3 is 0 Å². The van der Waals surface area contributed by atoms with Crippen molar-refractivity contribution in [2.75, 3.05) is 0 Å². The topological polar surface area (TPSA) is 69.8 Å². The van der Waals surface area contributed by atoms with E-state index >= 15 is 0 Å². The predicted molar refractivity (Wildman–Crippen MR) is 94.4 cm³/mol. The van der Waals surface area contributed by atoms with Gasteiger partial charge in [0.15, 0.2) is 10.0 Å². The summed E-state index contributed by atoms with van der Waals surface area (Å²) in [5, 5.41) is 9.50. The van der Waals surface area contributed by atoms with Gasteiger partial charge in [0.05, 0.1) is 11.4 Å². The SMILES string of the molecule is O=c1sc(-c2nn(-c3ccccc3)c(=O)s2)nn1-c1ccccc1. The van der Waals surface area contributed by atoms with Crippen molar-refractivity contribution in [2.45, 2.75) is 0 Å². The van der Waals surface area contributed by atoms with E-state index in [1.165, 1.54) is 9.36 Å². The van der Waals surface area contributed by atoms with E-state index < -0.39 is 0 Å². The fraction of sp³-hybridized carbons (Fsp3) is 0. The van der Waals surface area contributed by atoms with Crippen molar-refractivity contribution in [1.82, 2.24) is 19.6 Å². The van der Waals surface area contributed by atoms with Crippen LogP contribution in [0.4, 0.5) is 0 Å². The van der Waals surface area contributed by atoms with Crippen molar-refractivity contribution in [1.29, 1.82) is 0 Å². The van der Waals surface area contributed by atoms with Gasteiger partial charge in [-0.25, -0.2) is 0 Å². The second-order valence-electron chi connectivity index (χ2n) is 4.84. The van der Waals surface area contributed by atoms with Gasteiger partial charge in [-0.1, -0.05) is 36.4 Å². The van der Waals surface area contributed by atoms with Gasteiger partial charge in [0.25, 0.3) is 0 Å². The van der Waals surface area contributed by atoms with Crippen LogP contribution in [-0.4, -0.2) is 19.6 Å². The van der Waals surface area contributed by atoms with Gasteiger partial charge in [-0.05, 0) is 46.9 Å². The van der Waals surface area contributed by atoms with Crippen molar-refractivity contribution < 1.29 is 0 Å². The van der Waals surface area contributed by atoms with E-state index in [0.717, 1.165) is 22.7 Å². The largest absolute Gasteiger partial charge is 0.330 e. The minimum Gasteiger partial charge on any atom is -0.255 e. The third-order valence-electron chi connectivity index (χ3n) is 3.28. The molecule has 0 aliphatic carbocycles. The molecule has 4 aromatic rings. The van der Waals surface area contributed by atoms with Gasteiger partial charge in [-0.2, -0.15) is 9.36 Å². The van der Waals surface area contributed by atoms with Crippen LogP contribution < -0.4 is 9.75 Å². The summed E-state index contributed by atoms with van der Waals surface area (Å²) in [4.78, 5) is 23.9. The summed E-state index contributed by atoms with van der Waals surface area (Å²) in [5.74, 6) is 0. The molecular formula is C16H10N4O2S2. The number of rotatable bonds is 3. The molecule has 0 spiro atoms. The van der Waals surface area contributed by atoms with Crippen LogP contribution in [0.1, 0.15) is 0 Å². The molecule has 8 heteroatoms. The molecule has 0 bridgehead atoms. The molecule has 2 aromatic carbocycles. The van der Waals surface area contributed by atoms with Gasteiger partial charge in [0, 0.05) is 0 Å². The maximum Gasteiger partial charge on any atom is 0.330 e. The highest BCUT2D eigenvalue weighted by atomic mass is 32.1. The zero-order chi connectivity index (χ0) is 16.5. The van der Waals surface area contributed by atoms with E-state index in [1.807, 2.05) is 36.4 Å². The van der Waals surface area contributed by atoms with Crippen LogP contribution in [0.5, 0.6) is 0 Å². The van der Waals surface area contributed by atoms with Crippen LogP contribution in [0.25, 0.3) is 21.4 Å². The molecule has 24 heavy (non-hydrogen) atoms. The highest BCUT2D eigenvalue weighted by molar-refractivity contribution is 7.19. The Hall–Kier alpha value is -2.84. The second-order valence-corrected chi connectivity index (χ2v) is 6.72. The van der Waals surface area contributed by atoms with Gasteiger partial charge in [0.2, 0.25) is 0 Å². The van der Waals surface area contributed by atoms with Crippen LogP contribution >= 0.6 is 22.7 Å². The lowest BCUT2D eigenvalue weighted by Gasteiger charge is -1.97. The van der Waals surface area contributed by atoms with E-state index in [-0.39, 0.29) is 9.75 Å². The molecule has 118 valence electrons. The zero-order valence-corrected chi connectivity index (χ0v) is 13.8. The van der Waals surface area contributed by atoms with Crippen LogP contribution in [0.15, 0.2) is 70.3 Å². The Kier molecular flexibility index (Phi) is 3.68. The summed E-state index contributed by atoms with van der Waals surface area (Å²) in [6.07, 6.45) is 0. The van der Waals surface area contributed by atoms with E-state index in [9.17, 15) is 9.59 Å². The normalized spacial score (nSPS) is 10.8. The first-order valence-electron chi connectivity index (χ1n) is 7.04. The van der Waals surface area contributed by atoms with Crippen molar-refractivity contribution in [2.24, 2.45) is 0 Å². The molecule has 0 aliphatic heterocycles. The van der Waals surface area contributed by atoms with Crippen molar-refractivity contribution >= 4 is 22.7 Å². The summed E-state index contributed by atoms with van der Waals surface area (Å²) in [6.45, 7) is 0. The van der Waals surface area contributed by atoms with E-state index in [0.29, 0.717) is 21.4 Å². The standard InChI is InChI=1S/C16H10N4O2S2/c21-15-19(11-7-3-1-4-8-11)17-13(23-15)14-18-20(16(22)24-14)12-9-5-2-6-10-12/h1-10H. The van der Waals surface area contributed by atoms with Gasteiger partial charge in [0.1, 0.15) is 0 Å². The lowest BCUT2D eigenvalue weighted by molar-refractivity contribution is 0.836. The Labute approximate surface area is 143 Å². The van der Waals surface area contributed by atoms with Crippen LogP contribution in [0, 0.1) is 0 Å². The summed E-state index contributed by atoms with van der Waals surface area (Å²) < 4.78 is 2.64. The first-order chi connectivity index (χ1) is 11.7. The monoisotopic (exact) mass is 354 g/mol. The molecule has 0 saturated heterocycles. The molecule has 0 N–H and O–H groups in total. The number of hydrogen-bond acceptors (Lipinski definition) is 6. The third kappa shape index (κ3) is 2.61. The number of benzene rings is 2. The minimum atomic E-state index is -0.217.